The fourth-order valence-corrected chi connectivity index (χ4v) is 6.83. The molecule has 3 heterocycles. The maximum atomic E-state index is 14.6. The fourth-order valence-electron chi connectivity index (χ4n) is 6.83. The van der Waals surface area contributed by atoms with Crippen LogP contribution in [-0.4, -0.2) is 41.5 Å². The number of ether oxygens (including phenoxy) is 1. The molecule has 3 aromatic carbocycles. The summed E-state index contributed by atoms with van der Waals surface area (Å²) in [6.45, 7) is 0. The van der Waals surface area contributed by atoms with Crippen molar-refractivity contribution in [3.05, 3.63) is 131 Å². The van der Waals surface area contributed by atoms with Crippen molar-refractivity contribution < 1.29 is 23.5 Å². The van der Waals surface area contributed by atoms with Crippen LogP contribution in [0, 0.1) is 11.2 Å². The molecular formula is C33H23FN2O4. The van der Waals surface area contributed by atoms with E-state index in [1.165, 1.54) is 19.2 Å². The predicted octanol–water partition coefficient (Wildman–Crippen LogP) is 5.55. The molecule has 196 valence electrons. The van der Waals surface area contributed by atoms with E-state index in [-0.39, 0.29) is 17.3 Å². The summed E-state index contributed by atoms with van der Waals surface area (Å²) in [4.78, 5) is 49.9. The Kier molecular flexibility index (Phi) is 5.32. The molecule has 7 heteroatoms. The van der Waals surface area contributed by atoms with Gasteiger partial charge in [-0.3, -0.25) is 19.4 Å². The number of ketones is 3. The van der Waals surface area contributed by atoms with Gasteiger partial charge in [0.05, 0.1) is 13.2 Å². The van der Waals surface area contributed by atoms with Crippen molar-refractivity contribution >= 4 is 29.1 Å². The Bertz CT molecular complexity index is 1710. The molecule has 3 atom stereocenters. The molecule has 4 aromatic rings. The lowest BCUT2D eigenvalue weighted by atomic mass is 9.64. The van der Waals surface area contributed by atoms with Crippen LogP contribution in [0.2, 0.25) is 0 Å². The van der Waals surface area contributed by atoms with E-state index in [9.17, 15) is 18.8 Å². The number of fused-ring (bicyclic) bond motifs is 5. The molecule has 1 spiro atoms. The zero-order valence-electron chi connectivity index (χ0n) is 21.5. The van der Waals surface area contributed by atoms with Gasteiger partial charge < -0.3 is 9.64 Å². The summed E-state index contributed by atoms with van der Waals surface area (Å²) in [5.74, 6) is -1.72. The first-order valence-electron chi connectivity index (χ1n) is 13.0. The van der Waals surface area contributed by atoms with Gasteiger partial charge in [0.25, 0.3) is 0 Å². The molecule has 0 bridgehead atoms. The van der Waals surface area contributed by atoms with Crippen LogP contribution < -0.4 is 9.64 Å². The van der Waals surface area contributed by atoms with Gasteiger partial charge >= 0.3 is 0 Å². The second-order valence-corrected chi connectivity index (χ2v) is 10.3. The fraction of sp³-hybridized carbons (Fsp3) is 0.152. The standard InChI is InChI=1S/C33H23FN2O4/c1-40-23-8-4-6-20(17-23)30(37)29-28(21-7-5-15-35-18-21)33(31(38)24-9-2-3-10-25(24)32(33)39)27-14-11-19-16-22(34)12-13-26(19)36(27)29/h2-18,27-29H,1H3/t27-,28+,29-/m1/s1. The molecular weight excluding hydrogens is 507 g/mol. The van der Waals surface area contributed by atoms with Gasteiger partial charge in [-0.2, -0.15) is 0 Å². The second-order valence-electron chi connectivity index (χ2n) is 10.3. The molecule has 6 nitrogen and oxygen atoms in total. The highest BCUT2D eigenvalue weighted by molar-refractivity contribution is 6.32. The Hall–Kier alpha value is -4.91. The summed E-state index contributed by atoms with van der Waals surface area (Å²) in [5, 5.41) is 0. The quantitative estimate of drug-likeness (QED) is 0.255. The molecule has 1 saturated heterocycles. The third-order valence-electron chi connectivity index (χ3n) is 8.43. The zero-order chi connectivity index (χ0) is 27.6. The molecule has 0 N–H and O–H groups in total. The van der Waals surface area contributed by atoms with E-state index in [2.05, 4.69) is 4.98 Å². The molecule has 1 aliphatic carbocycles. The maximum Gasteiger partial charge on any atom is 0.186 e. The van der Waals surface area contributed by atoms with E-state index in [1.807, 2.05) is 11.0 Å². The molecule has 7 rings (SSSR count). The number of methoxy groups -OCH3 is 1. The Labute approximate surface area is 229 Å². The molecule has 0 unspecified atom stereocenters. The highest BCUT2D eigenvalue weighted by atomic mass is 19.1. The van der Waals surface area contributed by atoms with E-state index in [4.69, 9.17) is 4.74 Å². The van der Waals surface area contributed by atoms with Crippen LogP contribution in [0.3, 0.4) is 0 Å². The maximum absolute atomic E-state index is 14.6. The smallest absolute Gasteiger partial charge is 0.186 e. The van der Waals surface area contributed by atoms with E-state index in [0.29, 0.717) is 39.3 Å². The number of benzene rings is 3. The third kappa shape index (κ3) is 3.14. The monoisotopic (exact) mass is 530 g/mol. The van der Waals surface area contributed by atoms with Gasteiger partial charge in [-0.05, 0) is 42.0 Å². The van der Waals surface area contributed by atoms with E-state index >= 15 is 0 Å². The first-order valence-corrected chi connectivity index (χ1v) is 13.0. The lowest BCUT2D eigenvalue weighted by Crippen LogP contribution is -2.48. The Morgan fingerprint density at radius 1 is 0.950 bits per heavy atom. The number of Topliss-reactive ketones (excluding diaryl/α,β-unsaturated/α-hetero) is 3. The van der Waals surface area contributed by atoms with E-state index in [1.54, 1.807) is 85.2 Å². The summed E-state index contributed by atoms with van der Waals surface area (Å²) in [6, 6.07) is 19.8. The van der Waals surface area contributed by atoms with Crippen LogP contribution in [0.4, 0.5) is 10.1 Å². The van der Waals surface area contributed by atoms with Crippen LogP contribution in [0.25, 0.3) is 6.08 Å². The van der Waals surface area contributed by atoms with Gasteiger partial charge in [0.1, 0.15) is 23.0 Å². The van der Waals surface area contributed by atoms with Crippen LogP contribution >= 0.6 is 0 Å². The van der Waals surface area contributed by atoms with Crippen LogP contribution in [-0.2, 0) is 0 Å². The van der Waals surface area contributed by atoms with Crippen molar-refractivity contribution in [3.8, 4) is 5.75 Å². The minimum absolute atomic E-state index is 0.281. The van der Waals surface area contributed by atoms with Crippen molar-refractivity contribution in [1.29, 1.82) is 0 Å². The average molecular weight is 531 g/mol. The molecule has 0 saturated carbocycles. The van der Waals surface area contributed by atoms with Gasteiger partial charge in [-0.15, -0.1) is 0 Å². The SMILES string of the molecule is COc1cccc(C(=O)[C@H]2[C@H](c3cccnc3)C3(C(=O)c4ccccc4C3=O)[C@H]3C=Cc4cc(F)ccc4N23)c1. The highest BCUT2D eigenvalue weighted by Gasteiger charge is 2.71. The number of hydrogen-bond donors (Lipinski definition) is 0. The van der Waals surface area contributed by atoms with Crippen molar-refractivity contribution in [2.75, 3.05) is 12.0 Å². The normalized spacial score (nSPS) is 21.8. The van der Waals surface area contributed by atoms with Gasteiger partial charge in [0, 0.05) is 46.3 Å². The summed E-state index contributed by atoms with van der Waals surface area (Å²) >= 11 is 0. The molecule has 0 radical (unpaired) electrons. The zero-order valence-corrected chi connectivity index (χ0v) is 21.5. The third-order valence-corrected chi connectivity index (χ3v) is 8.43. The molecule has 3 aliphatic rings. The topological polar surface area (TPSA) is 76.6 Å². The van der Waals surface area contributed by atoms with E-state index < -0.39 is 29.2 Å². The summed E-state index contributed by atoms with van der Waals surface area (Å²) < 4.78 is 19.7. The van der Waals surface area contributed by atoms with Crippen molar-refractivity contribution in [2.24, 2.45) is 5.41 Å². The number of pyridine rings is 1. The predicted molar refractivity (Wildman–Crippen MR) is 147 cm³/mol. The number of halogens is 1. The number of hydrogen-bond acceptors (Lipinski definition) is 6. The number of rotatable bonds is 4. The van der Waals surface area contributed by atoms with Crippen LogP contribution in [0.1, 0.15) is 48.1 Å². The van der Waals surface area contributed by atoms with Crippen molar-refractivity contribution in [2.45, 2.75) is 18.0 Å². The number of anilines is 1. The average Bonchev–Trinajstić information content (AvgIpc) is 3.43. The minimum atomic E-state index is -1.63. The number of aromatic nitrogens is 1. The second kappa shape index (κ2) is 8.81. The number of nitrogens with zero attached hydrogens (tertiary/aromatic N) is 2. The first kappa shape index (κ1) is 24.2. The Morgan fingerprint density at radius 2 is 1.73 bits per heavy atom. The van der Waals surface area contributed by atoms with Crippen molar-refractivity contribution in [3.63, 3.8) is 0 Å². The summed E-state index contributed by atoms with van der Waals surface area (Å²) in [6.07, 6.45) is 6.74. The van der Waals surface area contributed by atoms with Crippen molar-refractivity contribution in [1.82, 2.24) is 4.98 Å². The molecule has 1 fully saturated rings. The Balaban J connectivity index is 1.54. The first-order chi connectivity index (χ1) is 19.5. The largest absolute Gasteiger partial charge is 0.497 e. The lowest BCUT2D eigenvalue weighted by Gasteiger charge is -2.37. The van der Waals surface area contributed by atoms with Gasteiger partial charge in [-0.25, -0.2) is 4.39 Å². The van der Waals surface area contributed by atoms with Gasteiger partial charge in [0.15, 0.2) is 17.3 Å². The summed E-state index contributed by atoms with van der Waals surface area (Å²) in [5.41, 5.74) is 1.18. The number of carbonyl (C=O) groups is 3. The van der Waals surface area contributed by atoms with Crippen LogP contribution in [0.5, 0.6) is 5.75 Å². The summed E-state index contributed by atoms with van der Waals surface area (Å²) in [7, 11) is 1.52. The highest BCUT2D eigenvalue weighted by Crippen LogP contribution is 2.60. The van der Waals surface area contributed by atoms with Gasteiger partial charge in [0.2, 0.25) is 0 Å². The van der Waals surface area contributed by atoms with Gasteiger partial charge in [-0.1, -0.05) is 54.6 Å². The molecule has 0 amide bonds. The van der Waals surface area contributed by atoms with E-state index in [0.717, 1.165) is 0 Å². The number of carbonyl (C=O) groups excluding carboxylic acids is 3. The molecule has 40 heavy (non-hydrogen) atoms. The Morgan fingerprint density at radius 3 is 2.42 bits per heavy atom. The minimum Gasteiger partial charge on any atom is -0.497 e. The lowest BCUT2D eigenvalue weighted by molar-refractivity contribution is 0.0665. The molecule has 2 aliphatic heterocycles. The van der Waals surface area contributed by atoms with Crippen LogP contribution in [0.15, 0.2) is 97.3 Å². The molecule has 1 aromatic heterocycles.